The minimum Gasteiger partial charge on any atom is -0.507 e. The summed E-state index contributed by atoms with van der Waals surface area (Å²) in [5.74, 6) is 3.73. The van der Waals surface area contributed by atoms with Crippen LogP contribution in [0.4, 0.5) is 0 Å². The standard InChI is InChI=1S/C59H78N2O5P2/c1-55(2,3)45-25-35-20-37-27-46(56(4,5)6)29-39-22-41-31-48(58(10,11)12)33-43(53(41)65-67(60(16)17)63-51(37)39)24-44-34-49(59(13,14)15)32-42-23-40-30-47(57(7,8)9)28-38(21-36(26-45)50(35)62)52(40)64-68(61(18)19)66-54(42)44/h25-34,62H,20-24H2,1-19H3/t67-,68+. The van der Waals surface area contributed by atoms with E-state index in [0.717, 1.165) is 78.6 Å². The van der Waals surface area contributed by atoms with Gasteiger partial charge in [0.2, 0.25) is 0 Å². The molecule has 0 saturated carbocycles. The van der Waals surface area contributed by atoms with E-state index < -0.39 is 17.1 Å². The second-order valence-corrected chi connectivity index (χ2v) is 28.6. The smallest absolute Gasteiger partial charge is 0.384 e. The largest absolute Gasteiger partial charge is 0.507 e. The number of rotatable bonds is 2. The average molecular weight is 957 g/mol. The predicted octanol–water partition coefficient (Wildman–Crippen LogP) is 15.3. The molecule has 364 valence electrons. The molecule has 5 aliphatic heterocycles. The lowest BCUT2D eigenvalue weighted by molar-refractivity contribution is 0.404. The molecule has 68 heavy (non-hydrogen) atoms. The van der Waals surface area contributed by atoms with E-state index in [2.05, 4.69) is 174 Å². The summed E-state index contributed by atoms with van der Waals surface area (Å²) in [6.07, 6.45) is 2.80. The van der Waals surface area contributed by atoms with Crippen LogP contribution in [0.1, 0.15) is 187 Å². The molecule has 0 saturated heterocycles. The molecule has 9 heteroatoms. The summed E-state index contributed by atoms with van der Waals surface area (Å²) in [6, 6.07) is 23.3. The van der Waals surface area contributed by atoms with Crippen LogP contribution in [-0.2, 0) is 59.2 Å². The van der Waals surface area contributed by atoms with Gasteiger partial charge in [0, 0.05) is 32.1 Å². The van der Waals surface area contributed by atoms with Crippen LogP contribution in [-0.4, -0.2) is 42.6 Å². The topological polar surface area (TPSA) is 63.6 Å². The molecule has 14 bridgehead atoms. The van der Waals surface area contributed by atoms with Crippen molar-refractivity contribution < 1.29 is 23.2 Å². The molecule has 6 aliphatic rings. The number of nitrogens with zero attached hydrogens (tertiary/aromatic N) is 2. The Morgan fingerprint density at radius 2 is 0.485 bits per heavy atom. The van der Waals surface area contributed by atoms with Gasteiger partial charge in [-0.1, -0.05) is 165 Å². The average Bonchev–Trinajstić information content (AvgIpc) is 3.17. The third-order valence-corrected chi connectivity index (χ3v) is 16.5. The van der Waals surface area contributed by atoms with Crippen molar-refractivity contribution in [2.75, 3.05) is 28.2 Å². The summed E-state index contributed by atoms with van der Waals surface area (Å²) in [7, 11) is 4.94. The van der Waals surface area contributed by atoms with Crippen LogP contribution in [0.5, 0.6) is 28.7 Å². The summed E-state index contributed by atoms with van der Waals surface area (Å²) >= 11 is 0. The van der Waals surface area contributed by atoms with Crippen molar-refractivity contribution in [2.45, 2.75) is 163 Å². The van der Waals surface area contributed by atoms with Gasteiger partial charge in [-0.25, -0.2) is 9.34 Å². The van der Waals surface area contributed by atoms with Crippen molar-refractivity contribution >= 4 is 17.1 Å². The predicted molar refractivity (Wildman–Crippen MR) is 285 cm³/mol. The number of aromatic hydroxyl groups is 1. The van der Waals surface area contributed by atoms with Crippen LogP contribution in [0.25, 0.3) is 0 Å². The zero-order valence-electron chi connectivity index (χ0n) is 44.7. The van der Waals surface area contributed by atoms with Crippen LogP contribution >= 0.6 is 17.1 Å². The number of phenolic OH excluding ortho intramolecular Hbond substituents is 1. The summed E-state index contributed by atoms with van der Waals surface area (Å²) in [5, 5.41) is 12.8. The van der Waals surface area contributed by atoms with E-state index in [1.54, 1.807) is 0 Å². The van der Waals surface area contributed by atoms with Crippen molar-refractivity contribution in [3.8, 4) is 28.7 Å². The molecule has 5 heterocycles. The van der Waals surface area contributed by atoms with E-state index in [9.17, 15) is 5.11 Å². The molecule has 0 unspecified atom stereocenters. The third kappa shape index (κ3) is 10.2. The Morgan fingerprint density at radius 3 is 0.647 bits per heavy atom. The highest BCUT2D eigenvalue weighted by atomic mass is 31.2. The van der Waals surface area contributed by atoms with Crippen LogP contribution in [0, 0.1) is 0 Å². The Balaban J connectivity index is 1.55. The van der Waals surface area contributed by atoms with Crippen molar-refractivity contribution in [2.24, 2.45) is 0 Å². The van der Waals surface area contributed by atoms with Crippen molar-refractivity contribution in [1.29, 1.82) is 0 Å². The van der Waals surface area contributed by atoms with Gasteiger partial charge in [0.25, 0.3) is 0 Å². The molecule has 0 amide bonds. The van der Waals surface area contributed by atoms with Crippen molar-refractivity contribution in [1.82, 2.24) is 9.34 Å². The molecule has 5 aromatic carbocycles. The molecule has 11 rings (SSSR count). The first-order valence-electron chi connectivity index (χ1n) is 24.5. The maximum absolute atomic E-state index is 12.8. The number of benzene rings is 5. The van der Waals surface area contributed by atoms with Gasteiger partial charge in [-0.05, 0) is 139 Å². The second kappa shape index (κ2) is 17.6. The van der Waals surface area contributed by atoms with Crippen LogP contribution < -0.4 is 18.1 Å². The maximum atomic E-state index is 12.8. The lowest BCUT2D eigenvalue weighted by Crippen LogP contribution is -2.21. The van der Waals surface area contributed by atoms with E-state index in [-0.39, 0.29) is 27.1 Å². The van der Waals surface area contributed by atoms with Crippen molar-refractivity contribution in [3.63, 3.8) is 0 Å². The van der Waals surface area contributed by atoms with Gasteiger partial charge >= 0.3 is 17.1 Å². The summed E-state index contributed by atoms with van der Waals surface area (Å²) in [5.41, 5.74) is 16.0. The van der Waals surface area contributed by atoms with Crippen LogP contribution in [0.2, 0.25) is 0 Å². The molecular formula is C59H78N2O5P2. The fourth-order valence-corrected chi connectivity index (χ4v) is 11.7. The van der Waals surface area contributed by atoms with Gasteiger partial charge in [0.15, 0.2) is 0 Å². The first-order chi connectivity index (χ1) is 31.3. The Kier molecular flexibility index (Phi) is 13.0. The monoisotopic (exact) mass is 957 g/mol. The van der Waals surface area contributed by atoms with Crippen molar-refractivity contribution in [3.05, 3.63) is 144 Å². The lowest BCUT2D eigenvalue weighted by Gasteiger charge is -2.34. The van der Waals surface area contributed by atoms with Gasteiger partial charge in [-0.2, -0.15) is 0 Å². The highest BCUT2D eigenvalue weighted by Gasteiger charge is 2.36. The molecule has 1 N–H and O–H groups in total. The van der Waals surface area contributed by atoms with Gasteiger partial charge in [0.1, 0.15) is 28.7 Å². The van der Waals surface area contributed by atoms with Gasteiger partial charge in [-0.15, -0.1) is 0 Å². The Morgan fingerprint density at radius 1 is 0.324 bits per heavy atom. The molecule has 5 aromatic rings. The molecule has 2 atom stereocenters. The summed E-state index contributed by atoms with van der Waals surface area (Å²) in [6.45, 7) is 34.3. The fourth-order valence-electron chi connectivity index (χ4n) is 9.43. The van der Waals surface area contributed by atoms with E-state index in [4.69, 9.17) is 18.1 Å². The zero-order valence-corrected chi connectivity index (χ0v) is 46.5. The Bertz CT molecular complexity index is 2600. The number of hydrogen-bond donors (Lipinski definition) is 1. The Hall–Kier alpha value is -4.12. The van der Waals surface area contributed by atoms with Gasteiger partial charge in [-0.3, -0.25) is 0 Å². The molecule has 0 radical (unpaired) electrons. The maximum Gasteiger partial charge on any atom is 0.384 e. The molecular weight excluding hydrogens is 879 g/mol. The highest BCUT2D eigenvalue weighted by molar-refractivity contribution is 7.45. The van der Waals surface area contributed by atoms with E-state index in [1.165, 1.54) is 27.8 Å². The van der Waals surface area contributed by atoms with Crippen LogP contribution in [0.15, 0.2) is 60.7 Å². The summed E-state index contributed by atoms with van der Waals surface area (Å²) in [4.78, 5) is 0. The van der Waals surface area contributed by atoms with Gasteiger partial charge < -0.3 is 23.2 Å². The quantitative estimate of drug-likeness (QED) is 0.174. The lowest BCUT2D eigenvalue weighted by atomic mass is 9.79. The van der Waals surface area contributed by atoms with E-state index in [0.29, 0.717) is 37.9 Å². The minimum absolute atomic E-state index is 0.144. The first kappa shape index (κ1) is 50.3. The fraction of sp³-hybridized carbons (Fsp3) is 0.492. The first-order valence-corrected chi connectivity index (χ1v) is 26.8. The number of phenols is 1. The Labute approximate surface area is 411 Å². The third-order valence-electron chi connectivity index (χ3n) is 13.8. The molecule has 0 spiro atoms. The SMILES string of the molecule is CN(C)[P@]1Oc2c3cc(C(C)(C)C)cc2Cc2cc(C(C)(C)C)cc(c2O1)Cc1cc(C(C)(C)C)cc2c1O[P@@](N(C)C)Oc1c(cc(C(C)(C)C)cc1C2)Cc1cc(C(C)(C)C)cc(c1O)C3. The zero-order chi connectivity index (χ0) is 49.8. The minimum atomic E-state index is -1.62. The molecule has 1 aliphatic carbocycles. The highest BCUT2D eigenvalue weighted by Crippen LogP contribution is 2.55. The second-order valence-electron chi connectivity index (χ2n) is 25.3. The normalized spacial score (nSPS) is 17.5. The molecule has 0 fully saturated rings. The van der Waals surface area contributed by atoms with E-state index >= 15 is 0 Å². The van der Waals surface area contributed by atoms with E-state index in [1.807, 2.05) is 28.2 Å². The number of hydrogen-bond acceptors (Lipinski definition) is 7. The van der Waals surface area contributed by atoms with Gasteiger partial charge in [0.05, 0.1) is 0 Å². The summed E-state index contributed by atoms with van der Waals surface area (Å²) < 4.78 is 33.4. The van der Waals surface area contributed by atoms with Crippen LogP contribution in [0.3, 0.4) is 0 Å². The molecule has 0 aromatic heterocycles. The molecule has 7 nitrogen and oxygen atoms in total.